The van der Waals surface area contributed by atoms with Crippen LogP contribution in [0.15, 0.2) is 12.2 Å². The van der Waals surface area contributed by atoms with Crippen molar-refractivity contribution in [1.29, 1.82) is 0 Å². The van der Waals surface area contributed by atoms with Crippen molar-refractivity contribution < 1.29 is 14.7 Å². The lowest BCUT2D eigenvalue weighted by molar-refractivity contribution is -0.131. The Balaban J connectivity index is 2.32. The molecule has 0 atom stereocenters. The van der Waals surface area contributed by atoms with E-state index >= 15 is 0 Å². The van der Waals surface area contributed by atoms with Crippen molar-refractivity contribution in [2.24, 2.45) is 11.8 Å². The summed E-state index contributed by atoms with van der Waals surface area (Å²) >= 11 is 0. The Morgan fingerprint density at radius 3 is 2.15 bits per heavy atom. The summed E-state index contributed by atoms with van der Waals surface area (Å²) in [4.78, 5) is 20.6. The highest BCUT2D eigenvalue weighted by atomic mass is 16.4. The second-order valence-electron chi connectivity index (χ2n) is 3.51. The van der Waals surface area contributed by atoms with Gasteiger partial charge in [0, 0.05) is 12.0 Å². The normalized spacial score (nSPS) is 28.9. The van der Waals surface area contributed by atoms with E-state index < -0.39 is 5.97 Å². The number of carboxylic acid groups (broad SMARTS) is 1. The number of allylic oxidation sites excluding steroid dienone is 1. The molecule has 0 radical (unpaired) electrons. The molecule has 3 nitrogen and oxygen atoms in total. The molecular weight excluding hydrogens is 168 g/mol. The Morgan fingerprint density at radius 2 is 1.69 bits per heavy atom. The van der Waals surface area contributed by atoms with Crippen LogP contribution >= 0.6 is 0 Å². The van der Waals surface area contributed by atoms with Crippen LogP contribution in [0.5, 0.6) is 0 Å². The van der Waals surface area contributed by atoms with E-state index in [1.807, 2.05) is 0 Å². The summed E-state index contributed by atoms with van der Waals surface area (Å²) in [5.74, 6) is -0.334. The van der Waals surface area contributed by atoms with Gasteiger partial charge in [0.1, 0.15) is 6.29 Å². The molecule has 0 saturated heterocycles. The van der Waals surface area contributed by atoms with Gasteiger partial charge in [-0.2, -0.15) is 0 Å². The summed E-state index contributed by atoms with van der Waals surface area (Å²) in [5.41, 5.74) is 0. The van der Waals surface area contributed by atoms with Gasteiger partial charge >= 0.3 is 5.97 Å². The Kier molecular flexibility index (Phi) is 3.68. The van der Waals surface area contributed by atoms with E-state index in [9.17, 15) is 9.59 Å². The SMILES string of the molecule is O=CC1CCC(/C=C/C(=O)O)CC1. The van der Waals surface area contributed by atoms with Crippen LogP contribution in [0, 0.1) is 11.8 Å². The third-order valence-corrected chi connectivity index (χ3v) is 2.52. The first kappa shape index (κ1) is 9.96. The number of carbonyl (C=O) groups excluding carboxylic acids is 1. The fourth-order valence-corrected chi connectivity index (χ4v) is 1.69. The topological polar surface area (TPSA) is 54.4 Å². The van der Waals surface area contributed by atoms with Crippen molar-refractivity contribution >= 4 is 12.3 Å². The van der Waals surface area contributed by atoms with Crippen LogP contribution in [0.1, 0.15) is 25.7 Å². The van der Waals surface area contributed by atoms with Crippen LogP contribution in [0.25, 0.3) is 0 Å². The zero-order valence-corrected chi connectivity index (χ0v) is 7.48. The van der Waals surface area contributed by atoms with Gasteiger partial charge in [-0.3, -0.25) is 0 Å². The summed E-state index contributed by atoms with van der Waals surface area (Å²) in [5, 5.41) is 8.40. The lowest BCUT2D eigenvalue weighted by Crippen LogP contribution is -2.14. The number of hydrogen-bond donors (Lipinski definition) is 1. The third-order valence-electron chi connectivity index (χ3n) is 2.52. The minimum Gasteiger partial charge on any atom is -0.478 e. The van der Waals surface area contributed by atoms with Gasteiger partial charge in [0.15, 0.2) is 0 Å². The van der Waals surface area contributed by atoms with E-state index in [-0.39, 0.29) is 5.92 Å². The fourth-order valence-electron chi connectivity index (χ4n) is 1.69. The molecule has 0 spiro atoms. The van der Waals surface area contributed by atoms with Gasteiger partial charge in [-0.05, 0) is 31.6 Å². The first-order chi connectivity index (χ1) is 6.22. The van der Waals surface area contributed by atoms with Gasteiger partial charge in [-0.1, -0.05) is 6.08 Å². The van der Waals surface area contributed by atoms with E-state index in [1.54, 1.807) is 6.08 Å². The highest BCUT2D eigenvalue weighted by molar-refractivity contribution is 5.79. The number of hydrogen-bond acceptors (Lipinski definition) is 2. The van der Waals surface area contributed by atoms with E-state index in [2.05, 4.69) is 0 Å². The number of aliphatic carboxylic acids is 1. The second-order valence-corrected chi connectivity index (χ2v) is 3.51. The molecule has 0 heterocycles. The summed E-state index contributed by atoms with van der Waals surface area (Å²) in [6.07, 6.45) is 7.63. The Bertz CT molecular complexity index is 212. The van der Waals surface area contributed by atoms with Gasteiger partial charge in [-0.15, -0.1) is 0 Å². The number of aldehydes is 1. The Hall–Kier alpha value is -1.12. The fraction of sp³-hybridized carbons (Fsp3) is 0.600. The molecule has 0 aromatic carbocycles. The lowest BCUT2D eigenvalue weighted by Gasteiger charge is -2.22. The molecule has 1 fully saturated rings. The quantitative estimate of drug-likeness (QED) is 0.533. The Labute approximate surface area is 77.4 Å². The van der Waals surface area contributed by atoms with Crippen molar-refractivity contribution in [2.75, 3.05) is 0 Å². The first-order valence-corrected chi connectivity index (χ1v) is 4.59. The van der Waals surface area contributed by atoms with Gasteiger partial charge < -0.3 is 9.90 Å². The molecule has 0 aromatic rings. The molecule has 72 valence electrons. The van der Waals surface area contributed by atoms with Crippen molar-refractivity contribution in [2.45, 2.75) is 25.7 Å². The highest BCUT2D eigenvalue weighted by Crippen LogP contribution is 2.28. The standard InChI is InChI=1S/C10H14O3/c11-7-9-3-1-8(2-4-9)5-6-10(12)13/h5-9H,1-4H2,(H,12,13)/b6-5+. The Morgan fingerprint density at radius 1 is 1.15 bits per heavy atom. The average Bonchev–Trinajstić information content (AvgIpc) is 2.15. The summed E-state index contributed by atoms with van der Waals surface area (Å²) in [7, 11) is 0. The van der Waals surface area contributed by atoms with Crippen LogP contribution in [0.4, 0.5) is 0 Å². The first-order valence-electron chi connectivity index (χ1n) is 4.59. The molecule has 3 heteroatoms. The van der Waals surface area contributed by atoms with Gasteiger partial charge in [-0.25, -0.2) is 4.79 Å². The maximum Gasteiger partial charge on any atom is 0.327 e. The average molecular weight is 182 g/mol. The zero-order valence-electron chi connectivity index (χ0n) is 7.48. The van der Waals surface area contributed by atoms with E-state index in [1.165, 1.54) is 6.08 Å². The molecule has 0 aromatic heterocycles. The molecule has 0 aliphatic heterocycles. The maximum absolute atomic E-state index is 10.4. The minimum absolute atomic E-state index is 0.203. The van der Waals surface area contributed by atoms with Crippen molar-refractivity contribution in [3.63, 3.8) is 0 Å². The predicted octanol–water partition coefficient (Wildman–Crippen LogP) is 1.63. The molecular formula is C10H14O3. The van der Waals surface area contributed by atoms with Crippen molar-refractivity contribution in [1.82, 2.24) is 0 Å². The third kappa shape index (κ3) is 3.40. The van der Waals surface area contributed by atoms with Gasteiger partial charge in [0.2, 0.25) is 0 Å². The van der Waals surface area contributed by atoms with Gasteiger partial charge in [0.05, 0.1) is 0 Å². The monoisotopic (exact) mass is 182 g/mol. The number of carboxylic acids is 1. The number of rotatable bonds is 3. The summed E-state index contributed by atoms with van der Waals surface area (Å²) in [6, 6.07) is 0. The van der Waals surface area contributed by atoms with Crippen LogP contribution in [0.3, 0.4) is 0 Å². The molecule has 1 saturated carbocycles. The van der Waals surface area contributed by atoms with E-state index in [4.69, 9.17) is 5.11 Å². The molecule has 1 N–H and O–H groups in total. The largest absolute Gasteiger partial charge is 0.478 e. The molecule has 1 aliphatic carbocycles. The number of carbonyl (C=O) groups is 2. The summed E-state index contributed by atoms with van der Waals surface area (Å²) < 4.78 is 0. The predicted molar refractivity (Wildman–Crippen MR) is 48.3 cm³/mol. The minimum atomic E-state index is -0.891. The smallest absolute Gasteiger partial charge is 0.327 e. The van der Waals surface area contributed by atoms with E-state index in [0.29, 0.717) is 5.92 Å². The van der Waals surface area contributed by atoms with Crippen LogP contribution < -0.4 is 0 Å². The second kappa shape index (κ2) is 4.80. The molecule has 0 bridgehead atoms. The van der Waals surface area contributed by atoms with Crippen LogP contribution in [-0.4, -0.2) is 17.4 Å². The summed E-state index contributed by atoms with van der Waals surface area (Å²) in [6.45, 7) is 0. The molecule has 1 aliphatic rings. The molecule has 0 amide bonds. The molecule has 0 unspecified atom stereocenters. The van der Waals surface area contributed by atoms with Crippen molar-refractivity contribution in [3.8, 4) is 0 Å². The van der Waals surface area contributed by atoms with Gasteiger partial charge in [0.25, 0.3) is 0 Å². The van der Waals surface area contributed by atoms with Crippen LogP contribution in [0.2, 0.25) is 0 Å². The van der Waals surface area contributed by atoms with Crippen LogP contribution in [-0.2, 0) is 9.59 Å². The van der Waals surface area contributed by atoms with Crippen molar-refractivity contribution in [3.05, 3.63) is 12.2 Å². The molecule has 1 rings (SSSR count). The lowest BCUT2D eigenvalue weighted by atomic mass is 9.82. The zero-order chi connectivity index (χ0) is 9.68. The highest BCUT2D eigenvalue weighted by Gasteiger charge is 2.18. The van der Waals surface area contributed by atoms with E-state index in [0.717, 1.165) is 32.0 Å². The molecule has 13 heavy (non-hydrogen) atoms. The maximum atomic E-state index is 10.4.